The smallest absolute Gasteiger partial charge is 0.0835 e. The number of aliphatic hydroxyl groups is 2. The minimum absolute atomic E-state index is 0.252. The van der Waals surface area contributed by atoms with E-state index in [1.807, 2.05) is 0 Å². The van der Waals surface area contributed by atoms with Crippen LogP contribution in [0.5, 0.6) is 0 Å². The highest BCUT2D eigenvalue weighted by Crippen LogP contribution is 2.67. The first-order valence-electron chi connectivity index (χ1n) is 9.95. The van der Waals surface area contributed by atoms with Crippen molar-refractivity contribution in [2.24, 2.45) is 34.5 Å². The molecule has 2 heteroatoms. The first kappa shape index (κ1) is 16.1. The summed E-state index contributed by atoms with van der Waals surface area (Å²) in [5, 5.41) is 22.0. The van der Waals surface area contributed by atoms with Gasteiger partial charge in [0.2, 0.25) is 0 Å². The normalized spacial score (nSPS) is 57.7. The van der Waals surface area contributed by atoms with Gasteiger partial charge in [0, 0.05) is 0 Å². The maximum atomic E-state index is 11.1. The quantitative estimate of drug-likeness (QED) is 0.654. The van der Waals surface area contributed by atoms with Gasteiger partial charge < -0.3 is 10.2 Å². The number of hydrogen-bond acceptors (Lipinski definition) is 2. The second kappa shape index (κ2) is 5.33. The molecule has 0 amide bonds. The Morgan fingerprint density at radius 2 is 1.70 bits per heavy atom. The minimum atomic E-state index is -0.503. The Morgan fingerprint density at radius 1 is 0.913 bits per heavy atom. The van der Waals surface area contributed by atoms with E-state index in [4.69, 9.17) is 0 Å². The third-order valence-corrected chi connectivity index (χ3v) is 8.86. The van der Waals surface area contributed by atoms with Crippen molar-refractivity contribution in [3.05, 3.63) is 11.6 Å². The second-order valence-electron chi connectivity index (χ2n) is 9.44. The third kappa shape index (κ3) is 2.00. The van der Waals surface area contributed by atoms with Crippen LogP contribution in [0.25, 0.3) is 0 Å². The molecule has 4 aliphatic rings. The van der Waals surface area contributed by atoms with E-state index in [-0.39, 0.29) is 10.8 Å². The number of hydrogen-bond donors (Lipinski definition) is 2. The molecule has 0 aromatic carbocycles. The third-order valence-electron chi connectivity index (χ3n) is 8.86. The van der Waals surface area contributed by atoms with Crippen molar-refractivity contribution in [2.75, 3.05) is 0 Å². The van der Waals surface area contributed by atoms with Gasteiger partial charge in [0.1, 0.15) is 0 Å². The topological polar surface area (TPSA) is 40.5 Å². The van der Waals surface area contributed by atoms with Gasteiger partial charge >= 0.3 is 0 Å². The molecule has 0 saturated heterocycles. The standard InChI is InChI=1S/C21H34O2/c1-4-13-8-9-14-17-15(10-12-20(13,14)2)21(3)11-6-5-7-16(21)18(22)19(17)23/h4,14-19,22-23H,5-12H2,1-3H3/b13-4-/t14?,15?,16?,17?,18-,19?,20-,21-/m1/s1. The molecule has 8 atom stereocenters. The molecule has 4 fully saturated rings. The number of fused-ring (bicyclic) bond motifs is 5. The molecule has 130 valence electrons. The number of rotatable bonds is 0. The van der Waals surface area contributed by atoms with E-state index in [9.17, 15) is 10.2 Å². The average Bonchev–Trinajstić information content (AvgIpc) is 2.88. The zero-order valence-electron chi connectivity index (χ0n) is 15.1. The van der Waals surface area contributed by atoms with Gasteiger partial charge in [-0.1, -0.05) is 38.3 Å². The van der Waals surface area contributed by atoms with Crippen LogP contribution >= 0.6 is 0 Å². The summed E-state index contributed by atoms with van der Waals surface area (Å²) in [6, 6.07) is 0. The molecule has 0 aromatic rings. The fourth-order valence-corrected chi connectivity index (χ4v) is 7.64. The Kier molecular flexibility index (Phi) is 3.74. The summed E-state index contributed by atoms with van der Waals surface area (Å²) in [7, 11) is 0. The van der Waals surface area contributed by atoms with Gasteiger partial charge in [-0.15, -0.1) is 0 Å². The van der Waals surface area contributed by atoms with E-state index in [0.29, 0.717) is 23.7 Å². The molecule has 4 saturated carbocycles. The molecule has 0 aliphatic heterocycles. The fraction of sp³-hybridized carbons (Fsp3) is 0.905. The summed E-state index contributed by atoms with van der Waals surface area (Å²) >= 11 is 0. The Hall–Kier alpha value is -0.340. The maximum absolute atomic E-state index is 11.1. The lowest BCUT2D eigenvalue weighted by molar-refractivity contribution is -0.209. The van der Waals surface area contributed by atoms with E-state index in [1.165, 1.54) is 44.9 Å². The Bertz CT molecular complexity index is 512. The van der Waals surface area contributed by atoms with Crippen LogP contribution in [0.2, 0.25) is 0 Å². The van der Waals surface area contributed by atoms with E-state index < -0.39 is 12.2 Å². The highest BCUT2D eigenvalue weighted by molar-refractivity contribution is 5.24. The molecule has 2 N–H and O–H groups in total. The summed E-state index contributed by atoms with van der Waals surface area (Å²) in [5.41, 5.74) is 2.13. The molecule has 4 aliphatic carbocycles. The minimum Gasteiger partial charge on any atom is -0.390 e. The summed E-state index contributed by atoms with van der Waals surface area (Å²) in [6.07, 6.45) is 11.2. The molecule has 0 spiro atoms. The van der Waals surface area contributed by atoms with Crippen LogP contribution in [0.3, 0.4) is 0 Å². The summed E-state index contributed by atoms with van der Waals surface area (Å²) < 4.78 is 0. The molecular formula is C21H34O2. The van der Waals surface area contributed by atoms with Crippen molar-refractivity contribution in [3.8, 4) is 0 Å². The van der Waals surface area contributed by atoms with E-state index in [1.54, 1.807) is 5.57 Å². The molecular weight excluding hydrogens is 284 g/mol. The van der Waals surface area contributed by atoms with Crippen molar-refractivity contribution < 1.29 is 10.2 Å². The summed E-state index contributed by atoms with van der Waals surface area (Å²) in [6.45, 7) is 7.06. The first-order chi connectivity index (χ1) is 10.9. The fourth-order valence-electron chi connectivity index (χ4n) is 7.64. The highest BCUT2D eigenvalue weighted by Gasteiger charge is 2.63. The van der Waals surface area contributed by atoms with Crippen LogP contribution in [-0.4, -0.2) is 22.4 Å². The van der Waals surface area contributed by atoms with Crippen LogP contribution < -0.4 is 0 Å². The van der Waals surface area contributed by atoms with Crippen molar-refractivity contribution in [1.29, 1.82) is 0 Å². The van der Waals surface area contributed by atoms with Crippen molar-refractivity contribution >= 4 is 0 Å². The van der Waals surface area contributed by atoms with Crippen molar-refractivity contribution in [1.82, 2.24) is 0 Å². The molecule has 23 heavy (non-hydrogen) atoms. The van der Waals surface area contributed by atoms with Gasteiger partial charge in [-0.3, -0.25) is 0 Å². The van der Waals surface area contributed by atoms with Gasteiger partial charge in [0.15, 0.2) is 0 Å². The molecule has 0 radical (unpaired) electrons. The van der Waals surface area contributed by atoms with Gasteiger partial charge in [-0.25, -0.2) is 0 Å². The average molecular weight is 319 g/mol. The largest absolute Gasteiger partial charge is 0.390 e. The lowest BCUT2D eigenvalue weighted by atomic mass is 9.44. The molecule has 0 aromatic heterocycles. The highest BCUT2D eigenvalue weighted by atomic mass is 16.3. The predicted molar refractivity (Wildman–Crippen MR) is 92.9 cm³/mol. The summed E-state index contributed by atoms with van der Waals surface area (Å²) in [5.74, 6) is 1.80. The van der Waals surface area contributed by atoms with Gasteiger partial charge in [-0.05, 0) is 80.0 Å². The van der Waals surface area contributed by atoms with Crippen molar-refractivity contribution in [2.45, 2.75) is 84.3 Å². The summed E-state index contributed by atoms with van der Waals surface area (Å²) in [4.78, 5) is 0. The second-order valence-corrected chi connectivity index (χ2v) is 9.44. The van der Waals surface area contributed by atoms with Crippen LogP contribution in [0, 0.1) is 34.5 Å². The van der Waals surface area contributed by atoms with Crippen LogP contribution in [-0.2, 0) is 0 Å². The zero-order chi connectivity index (χ0) is 16.4. The molecule has 5 unspecified atom stereocenters. The molecule has 0 heterocycles. The van der Waals surface area contributed by atoms with E-state index >= 15 is 0 Å². The lowest BCUT2D eigenvalue weighted by Gasteiger charge is -2.62. The van der Waals surface area contributed by atoms with Crippen LogP contribution in [0.1, 0.15) is 72.1 Å². The number of allylic oxidation sites excluding steroid dienone is 2. The van der Waals surface area contributed by atoms with Gasteiger partial charge in [0.25, 0.3) is 0 Å². The Balaban J connectivity index is 1.74. The number of aliphatic hydroxyl groups excluding tert-OH is 2. The Labute approximate surface area is 141 Å². The van der Waals surface area contributed by atoms with E-state index in [2.05, 4.69) is 26.8 Å². The maximum Gasteiger partial charge on any atom is 0.0835 e. The SMILES string of the molecule is C/C=C1/CCC2C3C(O)[C@H](O)C4CCCC[C@]4(C)C3CC[C@]12C. The van der Waals surface area contributed by atoms with E-state index in [0.717, 1.165) is 6.42 Å². The van der Waals surface area contributed by atoms with Gasteiger partial charge in [-0.2, -0.15) is 0 Å². The predicted octanol–water partition coefficient (Wildman–Crippen LogP) is 4.31. The monoisotopic (exact) mass is 318 g/mol. The van der Waals surface area contributed by atoms with Gasteiger partial charge in [0.05, 0.1) is 12.2 Å². The van der Waals surface area contributed by atoms with Crippen LogP contribution in [0.4, 0.5) is 0 Å². The molecule has 4 rings (SSSR count). The van der Waals surface area contributed by atoms with Crippen LogP contribution in [0.15, 0.2) is 11.6 Å². The molecule has 0 bridgehead atoms. The zero-order valence-corrected chi connectivity index (χ0v) is 15.1. The Morgan fingerprint density at radius 3 is 2.43 bits per heavy atom. The first-order valence-corrected chi connectivity index (χ1v) is 9.95. The molecule has 2 nitrogen and oxygen atoms in total. The van der Waals surface area contributed by atoms with Crippen molar-refractivity contribution in [3.63, 3.8) is 0 Å². The lowest BCUT2D eigenvalue weighted by Crippen LogP contribution is -2.62.